The Morgan fingerprint density at radius 3 is 2.11 bits per heavy atom. The second-order valence-corrected chi connectivity index (χ2v) is 10.0. The third-order valence-corrected chi connectivity index (χ3v) is 5.85. The van der Waals surface area contributed by atoms with Crippen molar-refractivity contribution < 1.29 is 27.2 Å². The summed E-state index contributed by atoms with van der Waals surface area (Å²) in [6.07, 6.45) is -0.167. The molecule has 4 N–H and O–H groups in total. The number of benzene rings is 3. The van der Waals surface area contributed by atoms with E-state index in [-0.39, 0.29) is 11.0 Å². The fourth-order valence-electron chi connectivity index (χ4n) is 3.22. The van der Waals surface area contributed by atoms with E-state index in [0.717, 1.165) is 27.8 Å². The summed E-state index contributed by atoms with van der Waals surface area (Å²) >= 11 is 0. The van der Waals surface area contributed by atoms with Crippen LogP contribution in [0, 0.1) is 13.8 Å². The number of anilines is 2. The number of methoxy groups -OCH3 is 1. The zero-order chi connectivity index (χ0) is 28.5. The molecule has 9 nitrogen and oxygen atoms in total. The molecule has 0 aliphatic carbocycles. The Labute approximate surface area is 223 Å². The molecule has 4 aromatic rings. The van der Waals surface area contributed by atoms with E-state index in [2.05, 4.69) is 4.99 Å². The number of rotatable bonds is 4. The van der Waals surface area contributed by atoms with Crippen molar-refractivity contribution in [3.05, 3.63) is 83.9 Å². The first-order valence-corrected chi connectivity index (χ1v) is 13.2. The predicted molar refractivity (Wildman–Crippen MR) is 152 cm³/mol. The Balaban J connectivity index is 0.000000281. The summed E-state index contributed by atoms with van der Waals surface area (Å²) in [7, 11) is -0.744. The van der Waals surface area contributed by atoms with E-state index in [0.29, 0.717) is 17.6 Å². The van der Waals surface area contributed by atoms with Crippen molar-refractivity contribution >= 4 is 38.6 Å². The number of guanidine groups is 1. The molecule has 204 valence electrons. The van der Waals surface area contributed by atoms with Gasteiger partial charge in [-0.1, -0.05) is 42.0 Å². The quantitative estimate of drug-likeness (QED) is 0.176. The van der Waals surface area contributed by atoms with Gasteiger partial charge in [-0.25, -0.2) is 4.90 Å². The van der Waals surface area contributed by atoms with Crippen LogP contribution in [-0.4, -0.2) is 44.3 Å². The summed E-state index contributed by atoms with van der Waals surface area (Å²) < 4.78 is 41.0. The van der Waals surface area contributed by atoms with E-state index in [9.17, 15) is 8.42 Å². The zero-order valence-electron chi connectivity index (χ0n) is 22.4. The number of nitrogens with zero attached hydrogens (tertiary/aromatic N) is 2. The van der Waals surface area contributed by atoms with Crippen LogP contribution in [0.1, 0.15) is 25.0 Å². The van der Waals surface area contributed by atoms with Crippen LogP contribution in [0.2, 0.25) is 0 Å². The van der Waals surface area contributed by atoms with Gasteiger partial charge >= 0.3 is 0 Å². The van der Waals surface area contributed by atoms with Crippen molar-refractivity contribution in [3.63, 3.8) is 0 Å². The normalized spacial score (nSPS) is 11.3. The highest BCUT2D eigenvalue weighted by atomic mass is 32.2. The van der Waals surface area contributed by atoms with Gasteiger partial charge in [0.05, 0.1) is 17.7 Å². The first-order valence-electron chi connectivity index (χ1n) is 11.7. The predicted octanol–water partition coefficient (Wildman–Crippen LogP) is 5.46. The Morgan fingerprint density at radius 1 is 1.00 bits per heavy atom. The van der Waals surface area contributed by atoms with Crippen molar-refractivity contribution in [3.8, 4) is 5.75 Å². The van der Waals surface area contributed by atoms with Crippen LogP contribution in [0.5, 0.6) is 5.75 Å². The maximum absolute atomic E-state index is 10.5. The topological polar surface area (TPSA) is 139 Å². The van der Waals surface area contributed by atoms with Crippen molar-refractivity contribution in [2.75, 3.05) is 19.1 Å². The van der Waals surface area contributed by atoms with Crippen LogP contribution in [0.25, 0.3) is 11.0 Å². The summed E-state index contributed by atoms with van der Waals surface area (Å²) in [5, 5.41) is 9.06. The maximum Gasteiger partial charge on any atom is 0.294 e. The number of aliphatic imine (C=N–C) groups is 1. The van der Waals surface area contributed by atoms with Crippen LogP contribution < -0.4 is 15.4 Å². The van der Waals surface area contributed by atoms with Gasteiger partial charge in [0.1, 0.15) is 11.3 Å². The number of aliphatic hydroxyl groups is 1. The van der Waals surface area contributed by atoms with E-state index < -0.39 is 10.1 Å². The minimum atomic E-state index is -4.02. The van der Waals surface area contributed by atoms with Gasteiger partial charge in [-0.3, -0.25) is 9.55 Å². The molecule has 1 heterocycles. The minimum Gasteiger partial charge on any atom is -0.495 e. The van der Waals surface area contributed by atoms with Crippen LogP contribution in [-0.2, 0) is 10.1 Å². The Morgan fingerprint density at radius 2 is 1.58 bits per heavy atom. The van der Waals surface area contributed by atoms with Crippen molar-refractivity contribution in [2.24, 2.45) is 10.7 Å². The van der Waals surface area contributed by atoms with Gasteiger partial charge in [0.2, 0.25) is 11.8 Å². The molecule has 3 aromatic carbocycles. The van der Waals surface area contributed by atoms with Gasteiger partial charge in [0.15, 0.2) is 0 Å². The molecule has 0 radical (unpaired) electrons. The molecule has 38 heavy (non-hydrogen) atoms. The second-order valence-electron chi connectivity index (χ2n) is 8.60. The van der Waals surface area contributed by atoms with Crippen LogP contribution in [0.3, 0.4) is 0 Å². The largest absolute Gasteiger partial charge is 0.495 e. The van der Waals surface area contributed by atoms with Crippen molar-refractivity contribution in [1.29, 1.82) is 0 Å². The monoisotopic (exact) mass is 541 g/mol. The van der Waals surface area contributed by atoms with E-state index in [1.54, 1.807) is 45.0 Å². The third-order valence-electron chi connectivity index (χ3n) is 4.99. The number of fused-ring (bicyclic) bond motifs is 1. The van der Waals surface area contributed by atoms with E-state index in [1.165, 1.54) is 12.1 Å². The van der Waals surface area contributed by atoms with Crippen LogP contribution in [0.15, 0.2) is 87.1 Å². The molecule has 0 bridgehead atoms. The average Bonchev–Trinajstić information content (AvgIpc) is 3.27. The molecule has 0 aliphatic rings. The zero-order valence-corrected chi connectivity index (χ0v) is 23.2. The van der Waals surface area contributed by atoms with Gasteiger partial charge in [-0.2, -0.15) is 8.42 Å². The van der Waals surface area contributed by atoms with Crippen molar-refractivity contribution in [1.82, 2.24) is 0 Å². The Bertz CT molecular complexity index is 1430. The maximum atomic E-state index is 10.5. The molecule has 1 aromatic heterocycles. The van der Waals surface area contributed by atoms with Gasteiger partial charge < -0.3 is 20.0 Å². The van der Waals surface area contributed by atoms with Gasteiger partial charge in [0, 0.05) is 24.6 Å². The summed E-state index contributed by atoms with van der Waals surface area (Å²) in [6, 6.07) is 21.6. The Kier molecular flexibility index (Phi) is 10.9. The number of aliphatic hydroxyl groups excluding tert-OH is 1. The average molecular weight is 542 g/mol. The number of para-hydroxylation sites is 1. The minimum absolute atomic E-state index is 0.0666. The molecule has 0 spiro atoms. The SMILES string of the molecule is CC(C)O.CN=C(N)N(c1cc2ccccc2o1)c1cc(C)ccc1OC.Cc1ccc(S(=O)(=O)O)cc1. The van der Waals surface area contributed by atoms with Gasteiger partial charge in [0.25, 0.3) is 10.1 Å². The molecular weight excluding hydrogens is 506 g/mol. The summed E-state index contributed by atoms with van der Waals surface area (Å²) in [5.41, 5.74) is 9.76. The molecule has 4 rings (SSSR count). The molecule has 0 saturated carbocycles. The van der Waals surface area contributed by atoms with E-state index in [4.69, 9.17) is 24.5 Å². The highest BCUT2D eigenvalue weighted by Crippen LogP contribution is 2.37. The number of furan rings is 1. The van der Waals surface area contributed by atoms with Crippen molar-refractivity contribution in [2.45, 2.75) is 38.7 Å². The molecule has 0 unspecified atom stereocenters. The van der Waals surface area contributed by atoms with E-state index in [1.807, 2.05) is 62.4 Å². The molecular formula is C28H35N3O6S. The first kappa shape index (κ1) is 30.4. The second kappa shape index (κ2) is 13.6. The molecule has 0 aliphatic heterocycles. The molecule has 0 fully saturated rings. The first-order chi connectivity index (χ1) is 17.9. The number of aryl methyl sites for hydroxylation is 2. The lowest BCUT2D eigenvalue weighted by molar-refractivity contribution is 0.216. The van der Waals surface area contributed by atoms with Gasteiger partial charge in [-0.05, 0) is 63.6 Å². The fourth-order valence-corrected chi connectivity index (χ4v) is 3.70. The van der Waals surface area contributed by atoms with E-state index >= 15 is 0 Å². The molecule has 10 heteroatoms. The molecule has 0 saturated heterocycles. The number of ether oxygens (including phenoxy) is 1. The number of hydrogen-bond donors (Lipinski definition) is 3. The van der Waals surface area contributed by atoms with Gasteiger partial charge in [-0.15, -0.1) is 0 Å². The lowest BCUT2D eigenvalue weighted by Gasteiger charge is -2.23. The highest BCUT2D eigenvalue weighted by Gasteiger charge is 2.21. The fraction of sp³-hybridized carbons (Fsp3) is 0.250. The summed E-state index contributed by atoms with van der Waals surface area (Å²) in [5.74, 6) is 1.62. The van der Waals surface area contributed by atoms with Crippen LogP contribution >= 0.6 is 0 Å². The smallest absolute Gasteiger partial charge is 0.294 e. The van der Waals surface area contributed by atoms with Crippen LogP contribution in [0.4, 0.5) is 11.6 Å². The third kappa shape index (κ3) is 8.62. The Hall–Kier alpha value is -3.86. The lowest BCUT2D eigenvalue weighted by Crippen LogP contribution is -2.33. The number of hydrogen-bond acceptors (Lipinski definition) is 6. The standard InChI is InChI=1S/C18H19N3O2.C7H8O3S.C3H8O/c1-12-8-9-16(22-3)14(10-12)21(18(19)20-2)17-11-13-6-4-5-7-15(13)23-17;1-6-2-4-7(5-3-6)11(8,9)10;1-3(2)4/h4-11H,1-3H3,(H2,19,20);2-5H,1H3,(H,8,9,10);3-4H,1-2H3. The highest BCUT2D eigenvalue weighted by molar-refractivity contribution is 7.85. The summed E-state index contributed by atoms with van der Waals surface area (Å²) in [6.45, 7) is 7.30. The summed E-state index contributed by atoms with van der Waals surface area (Å²) in [4.78, 5) is 5.81. The number of nitrogens with two attached hydrogens (primary N) is 1. The molecule has 0 atom stereocenters. The lowest BCUT2D eigenvalue weighted by atomic mass is 10.2. The molecule has 0 amide bonds.